The summed E-state index contributed by atoms with van der Waals surface area (Å²) in [5, 5.41) is 10.4. The van der Waals surface area contributed by atoms with Crippen LogP contribution in [0.15, 0.2) is 12.4 Å². The molecule has 1 aliphatic heterocycles. The lowest BCUT2D eigenvalue weighted by molar-refractivity contribution is -0.137. The summed E-state index contributed by atoms with van der Waals surface area (Å²) in [5.74, 6) is 0.908. The number of amides is 1. The summed E-state index contributed by atoms with van der Waals surface area (Å²) in [6.45, 7) is 2.03. The van der Waals surface area contributed by atoms with E-state index in [-0.39, 0.29) is 36.1 Å². The molecule has 9 heteroatoms. The number of hydrogen-bond acceptors (Lipinski definition) is 6. The largest absolute Gasteiger partial charge is 0.468 e. The Kier molecular flexibility index (Phi) is 8.43. The van der Waals surface area contributed by atoms with Crippen LogP contribution in [0.25, 0.3) is 0 Å². The van der Waals surface area contributed by atoms with E-state index in [4.69, 9.17) is 0 Å². The number of carbonyl (C=O) groups excluding carboxylic acids is 2. The van der Waals surface area contributed by atoms with Gasteiger partial charge < -0.3 is 15.4 Å². The van der Waals surface area contributed by atoms with Crippen LogP contribution in [-0.4, -0.2) is 59.9 Å². The van der Waals surface area contributed by atoms with Crippen molar-refractivity contribution in [3.05, 3.63) is 18.0 Å². The summed E-state index contributed by atoms with van der Waals surface area (Å²) in [6.07, 6.45) is 3.79. The molecule has 130 valence electrons. The van der Waals surface area contributed by atoms with Crippen LogP contribution in [0.3, 0.4) is 0 Å². The number of hydrogen-bond donors (Lipinski definition) is 2. The summed E-state index contributed by atoms with van der Waals surface area (Å²) < 4.78 is 6.32. The molecule has 1 aromatic heterocycles. The van der Waals surface area contributed by atoms with Gasteiger partial charge in [0.15, 0.2) is 0 Å². The standard InChI is InChI=1S/C14H22N4O3S.ClH/c1-18-8-10(5-17-18)11-6-15-7-12(11)14(20)16-3-4-22-9-13(19)21-2;/h5,8,11-12,15H,3-4,6-7,9H2,1-2H3,(H,16,20);1H/t11-,12+;/m1./s1. The molecule has 1 fully saturated rings. The van der Waals surface area contributed by atoms with Crippen molar-refractivity contribution in [2.24, 2.45) is 13.0 Å². The van der Waals surface area contributed by atoms with Gasteiger partial charge in [0.25, 0.3) is 0 Å². The third-order valence-corrected chi connectivity index (χ3v) is 4.63. The lowest BCUT2D eigenvalue weighted by Crippen LogP contribution is -2.35. The summed E-state index contributed by atoms with van der Waals surface area (Å²) >= 11 is 1.45. The minimum absolute atomic E-state index is 0. The Balaban J connectivity index is 0.00000264. The van der Waals surface area contributed by atoms with Crippen molar-refractivity contribution in [3.8, 4) is 0 Å². The number of rotatable bonds is 7. The predicted octanol–water partition coefficient (Wildman–Crippen LogP) is 0.167. The summed E-state index contributed by atoms with van der Waals surface area (Å²) in [5.41, 5.74) is 1.09. The van der Waals surface area contributed by atoms with E-state index < -0.39 is 0 Å². The van der Waals surface area contributed by atoms with Gasteiger partial charge in [-0.25, -0.2) is 0 Å². The van der Waals surface area contributed by atoms with Crippen molar-refractivity contribution in [3.63, 3.8) is 0 Å². The highest BCUT2D eigenvalue weighted by Crippen LogP contribution is 2.27. The predicted molar refractivity (Wildman–Crippen MR) is 91.9 cm³/mol. The van der Waals surface area contributed by atoms with Crippen molar-refractivity contribution >= 4 is 36.0 Å². The van der Waals surface area contributed by atoms with Crippen LogP contribution in [0.2, 0.25) is 0 Å². The first-order chi connectivity index (χ1) is 10.6. The fourth-order valence-electron chi connectivity index (χ4n) is 2.53. The van der Waals surface area contributed by atoms with Crippen molar-refractivity contribution in [1.82, 2.24) is 20.4 Å². The minimum Gasteiger partial charge on any atom is -0.468 e. The van der Waals surface area contributed by atoms with Gasteiger partial charge in [0, 0.05) is 44.5 Å². The van der Waals surface area contributed by atoms with Gasteiger partial charge in [-0.15, -0.1) is 24.2 Å². The molecule has 23 heavy (non-hydrogen) atoms. The fourth-order valence-corrected chi connectivity index (χ4v) is 3.20. The fraction of sp³-hybridized carbons (Fsp3) is 0.643. The molecule has 0 unspecified atom stereocenters. The molecule has 1 saturated heterocycles. The van der Waals surface area contributed by atoms with Gasteiger partial charge in [-0.05, 0) is 5.56 Å². The van der Waals surface area contributed by atoms with Gasteiger partial charge in [0.2, 0.25) is 5.91 Å². The van der Waals surface area contributed by atoms with Crippen LogP contribution < -0.4 is 10.6 Å². The Bertz CT molecular complexity index is 526. The SMILES string of the molecule is COC(=O)CSCCNC(=O)[C@H]1CNC[C@@H]1c1cnn(C)c1.Cl. The highest BCUT2D eigenvalue weighted by Gasteiger charge is 2.34. The molecular weight excluding hydrogens is 340 g/mol. The Morgan fingerprint density at radius 3 is 2.96 bits per heavy atom. The molecule has 0 bridgehead atoms. The molecule has 0 saturated carbocycles. The average molecular weight is 363 g/mol. The average Bonchev–Trinajstić information content (AvgIpc) is 3.14. The van der Waals surface area contributed by atoms with Crippen LogP contribution in [0.5, 0.6) is 0 Å². The number of thioether (sulfide) groups is 1. The third kappa shape index (κ3) is 5.71. The smallest absolute Gasteiger partial charge is 0.315 e. The Labute approximate surface area is 146 Å². The minimum atomic E-state index is -0.243. The molecule has 1 amide bonds. The van der Waals surface area contributed by atoms with Crippen LogP contribution in [0.1, 0.15) is 11.5 Å². The highest BCUT2D eigenvalue weighted by molar-refractivity contribution is 7.99. The molecule has 1 aromatic rings. The number of aryl methyl sites for hydroxylation is 1. The molecule has 2 heterocycles. The maximum Gasteiger partial charge on any atom is 0.315 e. The first kappa shape index (κ1) is 19.8. The molecule has 7 nitrogen and oxygen atoms in total. The molecule has 0 aliphatic carbocycles. The van der Waals surface area contributed by atoms with E-state index in [0.717, 1.165) is 12.1 Å². The topological polar surface area (TPSA) is 85.2 Å². The van der Waals surface area contributed by atoms with Crippen molar-refractivity contribution < 1.29 is 14.3 Å². The monoisotopic (exact) mass is 362 g/mol. The van der Waals surface area contributed by atoms with Crippen LogP contribution in [0.4, 0.5) is 0 Å². The molecular formula is C14H23ClN4O3S. The van der Waals surface area contributed by atoms with Crippen LogP contribution in [0, 0.1) is 5.92 Å². The first-order valence-corrected chi connectivity index (χ1v) is 8.39. The lowest BCUT2D eigenvalue weighted by atomic mass is 9.90. The molecule has 0 radical (unpaired) electrons. The van der Waals surface area contributed by atoms with Gasteiger partial charge in [0.1, 0.15) is 0 Å². The number of carbonyl (C=O) groups is 2. The second kappa shape index (κ2) is 9.79. The zero-order chi connectivity index (χ0) is 15.9. The van der Waals surface area contributed by atoms with E-state index in [1.165, 1.54) is 18.9 Å². The zero-order valence-corrected chi connectivity index (χ0v) is 14.9. The second-order valence-corrected chi connectivity index (χ2v) is 6.34. The molecule has 1 aliphatic rings. The van der Waals surface area contributed by atoms with E-state index >= 15 is 0 Å². The molecule has 2 atom stereocenters. The van der Waals surface area contributed by atoms with Crippen molar-refractivity contribution in [2.45, 2.75) is 5.92 Å². The molecule has 0 aromatic carbocycles. The van der Waals surface area contributed by atoms with Crippen LogP contribution >= 0.6 is 24.2 Å². The number of aromatic nitrogens is 2. The third-order valence-electron chi connectivity index (χ3n) is 3.70. The summed E-state index contributed by atoms with van der Waals surface area (Å²) in [7, 11) is 3.25. The highest BCUT2D eigenvalue weighted by atomic mass is 35.5. The van der Waals surface area contributed by atoms with Gasteiger partial charge in [-0.3, -0.25) is 14.3 Å². The quantitative estimate of drug-likeness (QED) is 0.531. The Hall–Kier alpha value is -1.25. The zero-order valence-electron chi connectivity index (χ0n) is 13.3. The van der Waals surface area contributed by atoms with Gasteiger partial charge >= 0.3 is 5.97 Å². The van der Waals surface area contributed by atoms with Crippen molar-refractivity contribution in [1.29, 1.82) is 0 Å². The first-order valence-electron chi connectivity index (χ1n) is 7.23. The maximum absolute atomic E-state index is 12.3. The number of halogens is 1. The maximum atomic E-state index is 12.3. The Morgan fingerprint density at radius 2 is 2.30 bits per heavy atom. The van der Waals surface area contributed by atoms with E-state index in [0.29, 0.717) is 24.6 Å². The lowest BCUT2D eigenvalue weighted by Gasteiger charge is -2.16. The van der Waals surface area contributed by atoms with Gasteiger partial charge in [-0.2, -0.15) is 5.10 Å². The Morgan fingerprint density at radius 1 is 1.52 bits per heavy atom. The number of esters is 1. The van der Waals surface area contributed by atoms with Crippen LogP contribution in [-0.2, 0) is 21.4 Å². The second-order valence-electron chi connectivity index (χ2n) is 5.24. The normalized spacial score (nSPS) is 19.9. The summed E-state index contributed by atoms with van der Waals surface area (Å²) in [6, 6.07) is 0. The number of nitrogens with one attached hydrogen (secondary N) is 2. The molecule has 2 N–H and O–H groups in total. The van der Waals surface area contributed by atoms with E-state index in [1.54, 1.807) is 4.68 Å². The number of nitrogens with zero attached hydrogens (tertiary/aromatic N) is 2. The van der Waals surface area contributed by atoms with E-state index in [1.807, 2.05) is 19.4 Å². The molecule has 0 spiro atoms. The molecule has 2 rings (SSSR count). The number of ether oxygens (including phenoxy) is 1. The van der Waals surface area contributed by atoms with E-state index in [2.05, 4.69) is 20.5 Å². The van der Waals surface area contributed by atoms with Crippen molar-refractivity contribution in [2.75, 3.05) is 38.2 Å². The van der Waals surface area contributed by atoms with E-state index in [9.17, 15) is 9.59 Å². The summed E-state index contributed by atoms with van der Waals surface area (Å²) in [4.78, 5) is 23.3. The van der Waals surface area contributed by atoms with Gasteiger partial charge in [0.05, 0.1) is 25.0 Å². The number of methoxy groups -OCH3 is 1. The van der Waals surface area contributed by atoms with Gasteiger partial charge in [-0.1, -0.05) is 0 Å².